The van der Waals surface area contributed by atoms with Crippen LogP contribution in [0.1, 0.15) is 26.7 Å². The van der Waals surface area contributed by atoms with Gasteiger partial charge in [0.15, 0.2) is 5.78 Å². The summed E-state index contributed by atoms with van der Waals surface area (Å²) in [7, 11) is 0. The molecular weight excluding hydrogens is 180 g/mol. The molecular formula is C10H18N2O2. The highest BCUT2D eigenvalue weighted by atomic mass is 16.2. The summed E-state index contributed by atoms with van der Waals surface area (Å²) in [6.07, 6.45) is 1.39. The van der Waals surface area contributed by atoms with Crippen LogP contribution in [0.5, 0.6) is 0 Å². The number of nitrogens with one attached hydrogen (secondary N) is 1. The SMILES string of the molecule is CCCC(=O)N1CCNC[C@H]1C(C)=O. The monoisotopic (exact) mass is 198 g/mol. The van der Waals surface area contributed by atoms with Crippen LogP contribution in [0.25, 0.3) is 0 Å². The molecule has 1 rings (SSSR count). The van der Waals surface area contributed by atoms with Gasteiger partial charge in [0.2, 0.25) is 5.91 Å². The maximum Gasteiger partial charge on any atom is 0.223 e. The summed E-state index contributed by atoms with van der Waals surface area (Å²) in [5.74, 6) is 0.177. The van der Waals surface area contributed by atoms with Crippen LogP contribution in [0.3, 0.4) is 0 Å². The second kappa shape index (κ2) is 5.10. The van der Waals surface area contributed by atoms with Crippen molar-refractivity contribution in [1.82, 2.24) is 10.2 Å². The van der Waals surface area contributed by atoms with Gasteiger partial charge in [-0.3, -0.25) is 9.59 Å². The van der Waals surface area contributed by atoms with Crippen molar-refractivity contribution >= 4 is 11.7 Å². The summed E-state index contributed by atoms with van der Waals surface area (Å²) < 4.78 is 0. The molecule has 0 radical (unpaired) electrons. The van der Waals surface area contributed by atoms with E-state index >= 15 is 0 Å². The molecule has 4 nitrogen and oxygen atoms in total. The van der Waals surface area contributed by atoms with E-state index in [4.69, 9.17) is 0 Å². The number of carbonyl (C=O) groups excluding carboxylic acids is 2. The summed E-state index contributed by atoms with van der Waals surface area (Å²) in [5.41, 5.74) is 0. The van der Waals surface area contributed by atoms with Crippen molar-refractivity contribution in [3.05, 3.63) is 0 Å². The maximum absolute atomic E-state index is 11.7. The number of piperazine rings is 1. The summed E-state index contributed by atoms with van der Waals surface area (Å²) >= 11 is 0. The van der Waals surface area contributed by atoms with Crippen LogP contribution in [0.15, 0.2) is 0 Å². The van der Waals surface area contributed by atoms with Crippen LogP contribution in [0.2, 0.25) is 0 Å². The lowest BCUT2D eigenvalue weighted by molar-refractivity contribution is -0.140. The van der Waals surface area contributed by atoms with Crippen LogP contribution < -0.4 is 5.32 Å². The molecule has 0 unspecified atom stereocenters. The van der Waals surface area contributed by atoms with Crippen LogP contribution in [0.4, 0.5) is 0 Å². The second-order valence-electron chi connectivity index (χ2n) is 3.67. The molecule has 4 heteroatoms. The van der Waals surface area contributed by atoms with Gasteiger partial charge in [-0.2, -0.15) is 0 Å². The van der Waals surface area contributed by atoms with E-state index in [-0.39, 0.29) is 17.7 Å². The Kier molecular flexibility index (Phi) is 4.07. The van der Waals surface area contributed by atoms with Crippen LogP contribution in [0, 0.1) is 0 Å². The number of rotatable bonds is 3. The molecule has 0 aromatic rings. The minimum Gasteiger partial charge on any atom is -0.330 e. The smallest absolute Gasteiger partial charge is 0.223 e. The van der Waals surface area contributed by atoms with Crippen molar-refractivity contribution in [2.75, 3.05) is 19.6 Å². The molecule has 1 saturated heterocycles. The van der Waals surface area contributed by atoms with Crippen LogP contribution >= 0.6 is 0 Å². The zero-order valence-electron chi connectivity index (χ0n) is 8.88. The number of amides is 1. The van der Waals surface area contributed by atoms with Crippen molar-refractivity contribution in [2.24, 2.45) is 0 Å². The molecule has 0 saturated carbocycles. The number of nitrogens with zero attached hydrogens (tertiary/aromatic N) is 1. The highest BCUT2D eigenvalue weighted by molar-refractivity contribution is 5.88. The van der Waals surface area contributed by atoms with E-state index in [1.165, 1.54) is 0 Å². The van der Waals surface area contributed by atoms with Crippen LogP contribution in [-0.4, -0.2) is 42.3 Å². The number of hydrogen-bond donors (Lipinski definition) is 1. The molecule has 1 atom stereocenters. The maximum atomic E-state index is 11.7. The van der Waals surface area contributed by atoms with Crippen molar-refractivity contribution < 1.29 is 9.59 Å². The first-order valence-electron chi connectivity index (χ1n) is 5.17. The topological polar surface area (TPSA) is 49.4 Å². The molecule has 0 bridgehead atoms. The van der Waals surface area contributed by atoms with Gasteiger partial charge in [0.25, 0.3) is 0 Å². The quantitative estimate of drug-likeness (QED) is 0.703. The molecule has 0 aromatic heterocycles. The van der Waals surface area contributed by atoms with Gasteiger partial charge in [-0.25, -0.2) is 0 Å². The van der Waals surface area contributed by atoms with Gasteiger partial charge in [-0.1, -0.05) is 6.92 Å². The molecule has 80 valence electrons. The van der Waals surface area contributed by atoms with E-state index < -0.39 is 0 Å². The Morgan fingerprint density at radius 3 is 2.79 bits per heavy atom. The van der Waals surface area contributed by atoms with E-state index in [0.717, 1.165) is 13.0 Å². The molecule has 1 heterocycles. The lowest BCUT2D eigenvalue weighted by atomic mass is 10.1. The Balaban J connectivity index is 2.62. The normalized spacial score (nSPS) is 22.1. The van der Waals surface area contributed by atoms with Crippen LogP contribution in [-0.2, 0) is 9.59 Å². The average Bonchev–Trinajstić information content (AvgIpc) is 2.18. The van der Waals surface area contributed by atoms with E-state index in [1.807, 2.05) is 6.92 Å². The molecule has 1 fully saturated rings. The summed E-state index contributed by atoms with van der Waals surface area (Å²) in [4.78, 5) is 24.7. The Labute approximate surface area is 84.7 Å². The van der Waals surface area contributed by atoms with Crippen molar-refractivity contribution in [3.8, 4) is 0 Å². The Bertz CT molecular complexity index is 228. The first kappa shape index (κ1) is 11.2. The minimum atomic E-state index is -0.247. The predicted octanol–water partition coefficient (Wildman–Crippen LogP) is 0.176. The van der Waals surface area contributed by atoms with Gasteiger partial charge >= 0.3 is 0 Å². The third-order valence-electron chi connectivity index (χ3n) is 2.50. The first-order valence-corrected chi connectivity index (χ1v) is 5.17. The molecule has 1 aliphatic rings. The fourth-order valence-electron chi connectivity index (χ4n) is 1.72. The van der Waals surface area contributed by atoms with E-state index in [9.17, 15) is 9.59 Å². The van der Waals surface area contributed by atoms with Gasteiger partial charge in [0, 0.05) is 26.1 Å². The molecule has 0 spiro atoms. The zero-order chi connectivity index (χ0) is 10.6. The van der Waals surface area contributed by atoms with E-state index in [1.54, 1.807) is 11.8 Å². The molecule has 1 N–H and O–H groups in total. The summed E-state index contributed by atoms with van der Waals surface area (Å²) in [6, 6.07) is -0.247. The number of carbonyl (C=O) groups is 2. The fourth-order valence-corrected chi connectivity index (χ4v) is 1.72. The fraction of sp³-hybridized carbons (Fsp3) is 0.800. The average molecular weight is 198 g/mol. The van der Waals surface area contributed by atoms with Gasteiger partial charge in [0.05, 0.1) is 0 Å². The number of ketones is 1. The lowest BCUT2D eigenvalue weighted by Gasteiger charge is -2.34. The largest absolute Gasteiger partial charge is 0.330 e. The Hall–Kier alpha value is -0.900. The van der Waals surface area contributed by atoms with E-state index in [2.05, 4.69) is 5.32 Å². The third-order valence-corrected chi connectivity index (χ3v) is 2.50. The highest BCUT2D eigenvalue weighted by Gasteiger charge is 2.28. The second-order valence-corrected chi connectivity index (χ2v) is 3.67. The van der Waals surface area contributed by atoms with E-state index in [0.29, 0.717) is 19.5 Å². The molecule has 1 aliphatic heterocycles. The minimum absolute atomic E-state index is 0.0710. The van der Waals surface area contributed by atoms with Gasteiger partial charge < -0.3 is 10.2 Å². The summed E-state index contributed by atoms with van der Waals surface area (Å²) in [5, 5.41) is 3.13. The van der Waals surface area contributed by atoms with Gasteiger partial charge in [0.1, 0.15) is 6.04 Å². The van der Waals surface area contributed by atoms with Crippen molar-refractivity contribution in [3.63, 3.8) is 0 Å². The number of Topliss-reactive ketones (excluding diaryl/α,β-unsaturated/α-hetero) is 1. The molecule has 0 aromatic carbocycles. The van der Waals surface area contributed by atoms with Crippen molar-refractivity contribution in [2.45, 2.75) is 32.7 Å². The van der Waals surface area contributed by atoms with Crippen molar-refractivity contribution in [1.29, 1.82) is 0 Å². The molecule has 1 amide bonds. The predicted molar refractivity (Wildman–Crippen MR) is 54.0 cm³/mol. The Morgan fingerprint density at radius 1 is 1.50 bits per heavy atom. The summed E-state index contributed by atoms with van der Waals surface area (Å²) in [6.45, 7) is 5.57. The van der Waals surface area contributed by atoms with Gasteiger partial charge in [-0.15, -0.1) is 0 Å². The first-order chi connectivity index (χ1) is 6.66. The lowest BCUT2D eigenvalue weighted by Crippen LogP contribution is -2.56. The Morgan fingerprint density at radius 2 is 2.21 bits per heavy atom. The zero-order valence-corrected chi connectivity index (χ0v) is 8.88. The molecule has 14 heavy (non-hydrogen) atoms. The number of hydrogen-bond acceptors (Lipinski definition) is 3. The van der Waals surface area contributed by atoms with Gasteiger partial charge in [-0.05, 0) is 13.3 Å². The third kappa shape index (κ3) is 2.54. The standard InChI is InChI=1S/C10H18N2O2/c1-3-4-10(14)12-6-5-11-7-9(12)8(2)13/h9,11H,3-7H2,1-2H3/t9-/m0/s1. The molecule has 0 aliphatic carbocycles. The highest BCUT2D eigenvalue weighted by Crippen LogP contribution is 2.07.